The number of H-pyrrole nitrogens is 1. The lowest BCUT2D eigenvalue weighted by molar-refractivity contribution is -0.0262. The molecule has 2 rings (SSSR count). The summed E-state index contributed by atoms with van der Waals surface area (Å²) in [5.74, 6) is 0.542. The smallest absolute Gasteiger partial charge is 0.274 e. The Bertz CT molecular complexity index is 507. The molecule has 1 aliphatic heterocycles. The van der Waals surface area contributed by atoms with Crippen molar-refractivity contribution < 1.29 is 9.53 Å². The zero-order chi connectivity index (χ0) is 15.2. The van der Waals surface area contributed by atoms with E-state index < -0.39 is 0 Å². The van der Waals surface area contributed by atoms with Crippen LogP contribution in [0.25, 0.3) is 0 Å². The molecule has 0 radical (unpaired) electrons. The molecule has 1 aliphatic rings. The van der Waals surface area contributed by atoms with Crippen LogP contribution in [0, 0.1) is 5.92 Å². The van der Waals surface area contributed by atoms with Crippen molar-refractivity contribution in [3.63, 3.8) is 0 Å². The third-order valence-electron chi connectivity index (χ3n) is 3.63. The first-order valence-corrected chi connectivity index (χ1v) is 7.53. The second-order valence-electron chi connectivity index (χ2n) is 5.88. The molecule has 21 heavy (non-hydrogen) atoms. The summed E-state index contributed by atoms with van der Waals surface area (Å²) in [7, 11) is 0. The van der Waals surface area contributed by atoms with Crippen molar-refractivity contribution in [3.05, 3.63) is 28.2 Å². The number of carbonyl (C=O) groups is 1. The third kappa shape index (κ3) is 4.67. The maximum Gasteiger partial charge on any atom is 0.274 e. The molecule has 1 amide bonds. The van der Waals surface area contributed by atoms with Crippen LogP contribution in [-0.2, 0) is 4.74 Å². The van der Waals surface area contributed by atoms with Gasteiger partial charge in [-0.25, -0.2) is 5.10 Å². The van der Waals surface area contributed by atoms with Crippen molar-refractivity contribution in [1.82, 2.24) is 15.1 Å². The number of hydrogen-bond donors (Lipinski definition) is 1. The first-order valence-electron chi connectivity index (χ1n) is 7.53. The first kappa shape index (κ1) is 15.7. The van der Waals surface area contributed by atoms with Gasteiger partial charge in [-0.3, -0.25) is 9.59 Å². The Hall–Kier alpha value is -1.69. The molecule has 0 saturated carbocycles. The van der Waals surface area contributed by atoms with Gasteiger partial charge in [-0.15, -0.1) is 0 Å². The summed E-state index contributed by atoms with van der Waals surface area (Å²) < 4.78 is 5.72. The summed E-state index contributed by atoms with van der Waals surface area (Å²) >= 11 is 0. The highest BCUT2D eigenvalue weighted by Crippen LogP contribution is 2.15. The van der Waals surface area contributed by atoms with Gasteiger partial charge in [-0.1, -0.05) is 26.7 Å². The zero-order valence-electron chi connectivity index (χ0n) is 12.7. The third-order valence-corrected chi connectivity index (χ3v) is 3.63. The number of aromatic amines is 1. The van der Waals surface area contributed by atoms with Gasteiger partial charge in [-0.05, 0) is 18.4 Å². The lowest BCUT2D eigenvalue weighted by Gasteiger charge is -2.32. The second-order valence-corrected chi connectivity index (χ2v) is 5.88. The van der Waals surface area contributed by atoms with Crippen LogP contribution in [0.1, 0.15) is 43.6 Å². The predicted molar refractivity (Wildman–Crippen MR) is 79.2 cm³/mol. The average Bonchev–Trinajstić information content (AvgIpc) is 2.47. The summed E-state index contributed by atoms with van der Waals surface area (Å²) in [6.45, 7) is 6.14. The zero-order valence-corrected chi connectivity index (χ0v) is 12.7. The summed E-state index contributed by atoms with van der Waals surface area (Å²) in [4.78, 5) is 25.1. The number of hydrogen-bond acceptors (Lipinski definition) is 4. The van der Waals surface area contributed by atoms with Crippen molar-refractivity contribution in [2.45, 2.75) is 39.2 Å². The van der Waals surface area contributed by atoms with E-state index >= 15 is 0 Å². The van der Waals surface area contributed by atoms with Crippen LogP contribution in [0.2, 0.25) is 0 Å². The van der Waals surface area contributed by atoms with Crippen molar-refractivity contribution >= 4 is 5.91 Å². The van der Waals surface area contributed by atoms with Gasteiger partial charge in [0, 0.05) is 19.2 Å². The number of aromatic nitrogens is 2. The molecule has 1 saturated heterocycles. The lowest BCUT2D eigenvalue weighted by Crippen LogP contribution is -2.46. The average molecular weight is 293 g/mol. The minimum absolute atomic E-state index is 0.101. The minimum Gasteiger partial charge on any atom is -0.375 e. The monoisotopic (exact) mass is 293 g/mol. The normalized spacial score (nSPS) is 19.0. The highest BCUT2D eigenvalue weighted by Gasteiger charge is 2.25. The first-order chi connectivity index (χ1) is 10.1. The molecule has 0 bridgehead atoms. The van der Waals surface area contributed by atoms with Gasteiger partial charge in [0.05, 0.1) is 12.7 Å². The molecular weight excluding hydrogens is 270 g/mol. The van der Waals surface area contributed by atoms with Gasteiger partial charge in [0.15, 0.2) is 0 Å². The molecule has 116 valence electrons. The molecule has 0 spiro atoms. The van der Waals surface area contributed by atoms with Gasteiger partial charge in [0.1, 0.15) is 5.69 Å². The quantitative estimate of drug-likeness (QED) is 0.891. The van der Waals surface area contributed by atoms with Gasteiger partial charge < -0.3 is 9.64 Å². The summed E-state index contributed by atoms with van der Waals surface area (Å²) in [6.07, 6.45) is 3.36. The molecule has 0 aliphatic carbocycles. The standard InChI is InChI=1S/C15H23N3O3/c1-11(2)4-3-5-12-10-18(8-9-21-12)15(20)13-6-7-14(19)17-16-13/h6-7,11-12H,3-5,8-10H2,1-2H3,(H,17,19). The van der Waals surface area contributed by atoms with E-state index in [4.69, 9.17) is 4.74 Å². The number of carbonyl (C=O) groups excluding carboxylic acids is 1. The molecule has 1 fully saturated rings. The van der Waals surface area contributed by atoms with E-state index in [0.29, 0.717) is 25.6 Å². The molecule has 1 N–H and O–H groups in total. The molecule has 2 heterocycles. The largest absolute Gasteiger partial charge is 0.375 e. The maximum atomic E-state index is 12.3. The van der Waals surface area contributed by atoms with Crippen molar-refractivity contribution in [1.29, 1.82) is 0 Å². The van der Waals surface area contributed by atoms with Crippen LogP contribution in [0.5, 0.6) is 0 Å². The number of morpholine rings is 1. The van der Waals surface area contributed by atoms with E-state index in [0.717, 1.165) is 12.8 Å². The van der Waals surface area contributed by atoms with Gasteiger partial charge in [0.25, 0.3) is 11.5 Å². The summed E-state index contributed by atoms with van der Waals surface area (Å²) in [5.41, 5.74) is -0.0301. The Morgan fingerprint density at radius 1 is 1.52 bits per heavy atom. The molecule has 6 nitrogen and oxygen atoms in total. The molecular formula is C15H23N3O3. The molecule has 1 aromatic heterocycles. The van der Waals surface area contributed by atoms with Crippen LogP contribution in [0.3, 0.4) is 0 Å². The van der Waals surface area contributed by atoms with Crippen LogP contribution in [0.4, 0.5) is 0 Å². The van der Waals surface area contributed by atoms with Gasteiger partial charge in [-0.2, -0.15) is 5.10 Å². The fraction of sp³-hybridized carbons (Fsp3) is 0.667. The second kappa shape index (κ2) is 7.36. The number of nitrogens with zero attached hydrogens (tertiary/aromatic N) is 2. The number of nitrogens with one attached hydrogen (secondary N) is 1. The van der Waals surface area contributed by atoms with Crippen molar-refractivity contribution in [2.75, 3.05) is 19.7 Å². The Balaban J connectivity index is 1.89. The Morgan fingerprint density at radius 2 is 2.33 bits per heavy atom. The number of ether oxygens (including phenoxy) is 1. The fourth-order valence-electron chi connectivity index (χ4n) is 2.46. The predicted octanol–water partition coefficient (Wildman–Crippen LogP) is 1.44. The Morgan fingerprint density at radius 3 is 3.00 bits per heavy atom. The summed E-state index contributed by atoms with van der Waals surface area (Å²) in [6, 6.07) is 2.78. The van der Waals surface area contributed by atoms with E-state index in [1.54, 1.807) is 4.90 Å². The van der Waals surface area contributed by atoms with E-state index in [1.165, 1.54) is 18.6 Å². The maximum absolute atomic E-state index is 12.3. The van der Waals surface area contributed by atoms with Crippen LogP contribution in [0.15, 0.2) is 16.9 Å². The van der Waals surface area contributed by atoms with Crippen LogP contribution < -0.4 is 5.56 Å². The minimum atomic E-state index is -0.305. The van der Waals surface area contributed by atoms with Crippen molar-refractivity contribution in [3.8, 4) is 0 Å². The highest BCUT2D eigenvalue weighted by molar-refractivity contribution is 5.92. The Kier molecular flexibility index (Phi) is 5.50. The number of rotatable bonds is 5. The van der Waals surface area contributed by atoms with Crippen LogP contribution >= 0.6 is 0 Å². The van der Waals surface area contributed by atoms with E-state index in [-0.39, 0.29) is 23.3 Å². The molecule has 0 aromatic carbocycles. The highest BCUT2D eigenvalue weighted by atomic mass is 16.5. The van der Waals surface area contributed by atoms with Crippen LogP contribution in [-0.4, -0.2) is 46.8 Å². The van der Waals surface area contributed by atoms with Gasteiger partial charge >= 0.3 is 0 Å². The number of amides is 1. The van der Waals surface area contributed by atoms with E-state index in [9.17, 15) is 9.59 Å². The summed E-state index contributed by atoms with van der Waals surface area (Å²) in [5, 5.41) is 6.09. The molecule has 1 aromatic rings. The molecule has 1 atom stereocenters. The molecule has 6 heteroatoms. The fourth-order valence-corrected chi connectivity index (χ4v) is 2.46. The van der Waals surface area contributed by atoms with E-state index in [1.807, 2.05) is 0 Å². The lowest BCUT2D eigenvalue weighted by atomic mass is 10.0. The van der Waals surface area contributed by atoms with Crippen molar-refractivity contribution in [2.24, 2.45) is 5.92 Å². The van der Waals surface area contributed by atoms with E-state index in [2.05, 4.69) is 24.0 Å². The molecule has 1 unspecified atom stereocenters. The van der Waals surface area contributed by atoms with Gasteiger partial charge in [0.2, 0.25) is 0 Å². The topological polar surface area (TPSA) is 75.3 Å². The Labute approximate surface area is 124 Å². The SMILES string of the molecule is CC(C)CCCC1CN(C(=O)c2ccc(=O)[nH]n2)CCO1.